The van der Waals surface area contributed by atoms with E-state index in [0.717, 1.165) is 31.9 Å². The van der Waals surface area contributed by atoms with E-state index in [-0.39, 0.29) is 4.90 Å². The van der Waals surface area contributed by atoms with Crippen molar-refractivity contribution in [3.05, 3.63) is 18.2 Å². The number of nitrogen functional groups attached to an aromatic ring is 1. The van der Waals surface area contributed by atoms with E-state index in [4.69, 9.17) is 5.73 Å². The van der Waals surface area contributed by atoms with Crippen molar-refractivity contribution in [2.75, 3.05) is 43.9 Å². The molecule has 0 saturated carbocycles. The Bertz CT molecular complexity index is 593. The molecule has 7 heteroatoms. The molecule has 1 aromatic rings. The van der Waals surface area contributed by atoms with E-state index in [1.54, 1.807) is 12.1 Å². The van der Waals surface area contributed by atoms with E-state index in [2.05, 4.69) is 28.4 Å². The standard InChI is InChI=1S/C14H24N4O2S/c1-11(2)17-6-8-18(9-7-17)14-5-4-12(10-13(14)15)21(19,20)16-3/h4-5,10-11,16H,6-9,15H2,1-3H3. The molecule has 0 aliphatic carbocycles. The summed E-state index contributed by atoms with van der Waals surface area (Å²) in [6.07, 6.45) is 0. The summed E-state index contributed by atoms with van der Waals surface area (Å²) in [6, 6.07) is 5.47. The van der Waals surface area contributed by atoms with Crippen molar-refractivity contribution in [2.45, 2.75) is 24.8 Å². The molecule has 1 saturated heterocycles. The maximum Gasteiger partial charge on any atom is 0.240 e. The Morgan fingerprint density at radius 3 is 2.29 bits per heavy atom. The Hall–Kier alpha value is -1.31. The summed E-state index contributed by atoms with van der Waals surface area (Å²) < 4.78 is 25.8. The van der Waals surface area contributed by atoms with Gasteiger partial charge in [0, 0.05) is 32.2 Å². The molecule has 1 aromatic carbocycles. The third-order valence-electron chi connectivity index (χ3n) is 3.96. The smallest absolute Gasteiger partial charge is 0.240 e. The van der Waals surface area contributed by atoms with Crippen molar-refractivity contribution in [3.63, 3.8) is 0 Å². The molecule has 0 atom stereocenters. The minimum atomic E-state index is -3.44. The number of hydrogen-bond donors (Lipinski definition) is 2. The molecule has 1 heterocycles. The zero-order valence-electron chi connectivity index (χ0n) is 12.8. The fourth-order valence-corrected chi connectivity index (χ4v) is 3.35. The number of nitrogens with zero attached hydrogens (tertiary/aromatic N) is 2. The number of piperazine rings is 1. The van der Waals surface area contributed by atoms with E-state index in [0.29, 0.717) is 11.7 Å². The zero-order valence-corrected chi connectivity index (χ0v) is 13.7. The fraction of sp³-hybridized carbons (Fsp3) is 0.571. The first-order valence-electron chi connectivity index (χ1n) is 7.17. The van der Waals surface area contributed by atoms with E-state index >= 15 is 0 Å². The number of nitrogens with one attached hydrogen (secondary N) is 1. The van der Waals surface area contributed by atoms with E-state index in [1.165, 1.54) is 13.1 Å². The van der Waals surface area contributed by atoms with Gasteiger partial charge in [-0.15, -0.1) is 0 Å². The molecule has 1 aliphatic rings. The molecule has 118 valence electrons. The first-order valence-corrected chi connectivity index (χ1v) is 8.65. The molecule has 0 radical (unpaired) electrons. The van der Waals surface area contributed by atoms with Crippen LogP contribution in [0.3, 0.4) is 0 Å². The van der Waals surface area contributed by atoms with Crippen LogP contribution in [-0.4, -0.2) is 52.6 Å². The molecule has 6 nitrogen and oxygen atoms in total. The first kappa shape index (κ1) is 16.1. The molecule has 2 rings (SSSR count). The number of rotatable bonds is 4. The first-order chi connectivity index (χ1) is 9.85. The Morgan fingerprint density at radius 1 is 1.19 bits per heavy atom. The summed E-state index contributed by atoms with van der Waals surface area (Å²) in [5, 5.41) is 0. The van der Waals surface area contributed by atoms with Crippen molar-refractivity contribution < 1.29 is 8.42 Å². The number of nitrogens with two attached hydrogens (primary N) is 1. The van der Waals surface area contributed by atoms with E-state index < -0.39 is 10.0 Å². The average molecular weight is 312 g/mol. The van der Waals surface area contributed by atoms with E-state index in [9.17, 15) is 8.42 Å². The highest BCUT2D eigenvalue weighted by Crippen LogP contribution is 2.27. The van der Waals surface area contributed by atoms with Gasteiger partial charge in [0.15, 0.2) is 0 Å². The number of hydrogen-bond acceptors (Lipinski definition) is 5. The molecule has 0 spiro atoms. The highest BCUT2D eigenvalue weighted by atomic mass is 32.2. The molecular weight excluding hydrogens is 288 g/mol. The molecule has 0 unspecified atom stereocenters. The van der Waals surface area contributed by atoms with Gasteiger partial charge in [-0.05, 0) is 39.1 Å². The van der Waals surface area contributed by atoms with Crippen LogP contribution in [0.15, 0.2) is 23.1 Å². The average Bonchev–Trinajstić information content (AvgIpc) is 2.47. The van der Waals surface area contributed by atoms with Gasteiger partial charge in [-0.25, -0.2) is 13.1 Å². The summed E-state index contributed by atoms with van der Waals surface area (Å²) in [6.45, 7) is 8.19. The van der Waals surface area contributed by atoms with Crippen LogP contribution in [0.1, 0.15) is 13.8 Å². The summed E-state index contributed by atoms with van der Waals surface area (Å²) in [4.78, 5) is 4.84. The third kappa shape index (κ3) is 3.48. The van der Waals surface area contributed by atoms with Crippen molar-refractivity contribution in [1.82, 2.24) is 9.62 Å². The van der Waals surface area contributed by atoms with E-state index in [1.807, 2.05) is 0 Å². The molecule has 1 aliphatic heterocycles. The van der Waals surface area contributed by atoms with Gasteiger partial charge >= 0.3 is 0 Å². The fourth-order valence-electron chi connectivity index (χ4n) is 2.58. The van der Waals surface area contributed by atoms with Crippen LogP contribution in [0, 0.1) is 0 Å². The van der Waals surface area contributed by atoms with Gasteiger partial charge in [0.05, 0.1) is 16.3 Å². The molecule has 1 fully saturated rings. The van der Waals surface area contributed by atoms with Crippen LogP contribution < -0.4 is 15.4 Å². The van der Waals surface area contributed by atoms with Crippen molar-refractivity contribution in [3.8, 4) is 0 Å². The number of sulfonamides is 1. The Balaban J connectivity index is 2.16. The topological polar surface area (TPSA) is 78.7 Å². The Kier molecular flexibility index (Phi) is 4.75. The summed E-state index contributed by atoms with van der Waals surface area (Å²) in [7, 11) is -2.05. The van der Waals surface area contributed by atoms with Gasteiger partial charge in [0.2, 0.25) is 10.0 Å². The Morgan fingerprint density at radius 2 is 1.81 bits per heavy atom. The third-order valence-corrected chi connectivity index (χ3v) is 5.38. The summed E-state index contributed by atoms with van der Waals surface area (Å²) in [5.74, 6) is 0. The van der Waals surface area contributed by atoms with Gasteiger partial charge in [0.1, 0.15) is 0 Å². The highest BCUT2D eigenvalue weighted by molar-refractivity contribution is 7.89. The lowest BCUT2D eigenvalue weighted by atomic mass is 10.2. The van der Waals surface area contributed by atoms with Crippen LogP contribution in [0.4, 0.5) is 11.4 Å². The molecule has 0 bridgehead atoms. The summed E-state index contributed by atoms with van der Waals surface area (Å²) in [5.41, 5.74) is 7.47. The maximum absolute atomic E-state index is 11.8. The van der Waals surface area contributed by atoms with Crippen LogP contribution in [0.2, 0.25) is 0 Å². The molecule has 0 amide bonds. The Labute approximate surface area is 127 Å². The lowest BCUT2D eigenvalue weighted by Crippen LogP contribution is -2.49. The van der Waals surface area contributed by atoms with Crippen molar-refractivity contribution >= 4 is 21.4 Å². The monoisotopic (exact) mass is 312 g/mol. The molecule has 0 aromatic heterocycles. The maximum atomic E-state index is 11.8. The van der Waals surface area contributed by atoms with Crippen LogP contribution in [-0.2, 0) is 10.0 Å². The SMILES string of the molecule is CNS(=O)(=O)c1ccc(N2CCN(C(C)C)CC2)c(N)c1. The normalized spacial score (nSPS) is 17.4. The van der Waals surface area contributed by atoms with Crippen molar-refractivity contribution in [1.29, 1.82) is 0 Å². The lowest BCUT2D eigenvalue weighted by molar-refractivity contribution is 0.209. The van der Waals surface area contributed by atoms with Gasteiger partial charge < -0.3 is 10.6 Å². The van der Waals surface area contributed by atoms with Gasteiger partial charge in [-0.3, -0.25) is 4.90 Å². The lowest BCUT2D eigenvalue weighted by Gasteiger charge is -2.38. The largest absolute Gasteiger partial charge is 0.397 e. The second kappa shape index (κ2) is 6.21. The predicted octanol–water partition coefficient (Wildman–Crippen LogP) is 0.707. The number of benzene rings is 1. The number of anilines is 2. The van der Waals surface area contributed by atoms with Gasteiger partial charge in [0.25, 0.3) is 0 Å². The summed E-state index contributed by atoms with van der Waals surface area (Å²) >= 11 is 0. The highest BCUT2D eigenvalue weighted by Gasteiger charge is 2.21. The van der Waals surface area contributed by atoms with Gasteiger partial charge in [-0.2, -0.15) is 0 Å². The van der Waals surface area contributed by atoms with Crippen LogP contribution in [0.5, 0.6) is 0 Å². The predicted molar refractivity (Wildman–Crippen MR) is 86.0 cm³/mol. The molecule has 3 N–H and O–H groups in total. The second-order valence-corrected chi connectivity index (χ2v) is 7.43. The molecule has 21 heavy (non-hydrogen) atoms. The van der Waals surface area contributed by atoms with Crippen LogP contribution in [0.25, 0.3) is 0 Å². The minimum Gasteiger partial charge on any atom is -0.397 e. The second-order valence-electron chi connectivity index (χ2n) is 5.54. The zero-order chi connectivity index (χ0) is 15.6. The molecular formula is C14H24N4O2S. The van der Waals surface area contributed by atoms with Crippen LogP contribution >= 0.6 is 0 Å². The van der Waals surface area contributed by atoms with Gasteiger partial charge in [-0.1, -0.05) is 0 Å². The minimum absolute atomic E-state index is 0.201. The van der Waals surface area contributed by atoms with Crippen molar-refractivity contribution in [2.24, 2.45) is 0 Å². The quantitative estimate of drug-likeness (QED) is 0.801.